The molecule has 0 fully saturated rings. The SMILES string of the molecule is CC/C=C\C/C=C\C/C=C\C/C=C\C/C=C\CCCCCCCC(=O)OCC(O)COP(=O)(O)OCC(O)COP(=O)(O)OCC(COC(=O)CCCCC/C=C\C/C=C\C/C=C\C/C=C\C/C=C\CC)OC(=O)CCC/C=C\C/C=C\C/C=C\C/C=C\C/C=C\CC. The zero-order chi connectivity index (χ0) is 68.1. The molecule has 0 aromatic rings. The van der Waals surface area contributed by atoms with Gasteiger partial charge in [-0.3, -0.25) is 32.5 Å². The number of allylic oxidation sites excluding steroid dienone is 30. The number of aliphatic hydroxyl groups is 2. The van der Waals surface area contributed by atoms with Crippen LogP contribution in [0.15, 0.2) is 182 Å². The fourth-order valence-corrected chi connectivity index (χ4v) is 9.59. The molecule has 0 bridgehead atoms. The van der Waals surface area contributed by atoms with Crippen LogP contribution < -0.4 is 0 Å². The summed E-state index contributed by atoms with van der Waals surface area (Å²) in [4.78, 5) is 58.4. The van der Waals surface area contributed by atoms with Crippen LogP contribution in [0, 0.1) is 0 Å². The Morgan fingerprint density at radius 3 is 0.892 bits per heavy atom. The number of hydrogen-bond donors (Lipinski definition) is 4. The summed E-state index contributed by atoms with van der Waals surface area (Å²) >= 11 is 0. The van der Waals surface area contributed by atoms with E-state index in [4.69, 9.17) is 32.3 Å². The topological polar surface area (TPSA) is 231 Å². The Kier molecular flexibility index (Phi) is 62.8. The Labute approximate surface area is 560 Å². The maximum absolute atomic E-state index is 12.9. The lowest BCUT2D eigenvalue weighted by molar-refractivity contribution is -0.161. The Bertz CT molecular complexity index is 2420. The van der Waals surface area contributed by atoms with E-state index in [9.17, 15) is 43.5 Å². The molecule has 16 nitrogen and oxygen atoms in total. The molecule has 0 aromatic carbocycles. The number of esters is 3. The zero-order valence-corrected chi connectivity index (χ0v) is 58.4. The number of ether oxygens (including phenoxy) is 3. The summed E-state index contributed by atoms with van der Waals surface area (Å²) in [6.45, 7) is 2.15. The van der Waals surface area contributed by atoms with Gasteiger partial charge in [-0.1, -0.05) is 229 Å². The van der Waals surface area contributed by atoms with Crippen LogP contribution in [0.25, 0.3) is 0 Å². The first-order valence-corrected chi connectivity index (χ1v) is 37.1. The molecule has 0 aromatic heterocycles. The minimum atomic E-state index is -4.96. The number of carbonyl (C=O) groups excluding carboxylic acids is 3. The molecular weight excluding hydrogens is 1220 g/mol. The van der Waals surface area contributed by atoms with Crippen molar-refractivity contribution >= 4 is 33.6 Å². The van der Waals surface area contributed by atoms with E-state index in [1.54, 1.807) is 0 Å². The molecule has 0 aliphatic heterocycles. The number of aliphatic hydroxyl groups excluding tert-OH is 2. The van der Waals surface area contributed by atoms with Crippen LogP contribution in [0.5, 0.6) is 0 Å². The van der Waals surface area contributed by atoms with Crippen LogP contribution in [-0.4, -0.2) is 95.9 Å². The highest BCUT2D eigenvalue weighted by atomic mass is 31.2. The fourth-order valence-electron chi connectivity index (χ4n) is 8.01. The largest absolute Gasteiger partial charge is 0.472 e. The van der Waals surface area contributed by atoms with Gasteiger partial charge in [-0.25, -0.2) is 9.13 Å². The van der Waals surface area contributed by atoms with E-state index in [0.29, 0.717) is 25.7 Å². The average Bonchev–Trinajstić information content (AvgIpc) is 3.72. The van der Waals surface area contributed by atoms with Crippen molar-refractivity contribution in [2.24, 2.45) is 0 Å². The number of unbranched alkanes of at least 4 members (excludes halogenated alkanes) is 9. The Hall–Kier alpha value is -5.35. The van der Waals surface area contributed by atoms with Crippen LogP contribution in [0.4, 0.5) is 0 Å². The average molecular weight is 1340 g/mol. The van der Waals surface area contributed by atoms with Crippen molar-refractivity contribution in [2.45, 2.75) is 232 Å². The molecule has 5 unspecified atom stereocenters. The van der Waals surface area contributed by atoms with E-state index < -0.39 is 91.5 Å². The summed E-state index contributed by atoms with van der Waals surface area (Å²) in [5.74, 6) is -1.72. The molecular formula is C75H118O16P2. The van der Waals surface area contributed by atoms with E-state index in [2.05, 4.69) is 191 Å². The third kappa shape index (κ3) is 67.9. The smallest absolute Gasteiger partial charge is 0.463 e. The molecule has 18 heteroatoms. The summed E-state index contributed by atoms with van der Waals surface area (Å²) in [6.07, 6.45) is 83.8. The van der Waals surface area contributed by atoms with E-state index in [0.717, 1.165) is 148 Å². The molecule has 93 heavy (non-hydrogen) atoms. The number of hydrogen-bond acceptors (Lipinski definition) is 14. The fraction of sp³-hybridized carbons (Fsp3) is 0.560. The lowest BCUT2D eigenvalue weighted by atomic mass is 10.1. The molecule has 4 N–H and O–H groups in total. The van der Waals surface area contributed by atoms with Crippen molar-refractivity contribution in [3.63, 3.8) is 0 Å². The Morgan fingerprint density at radius 1 is 0.301 bits per heavy atom. The second-order valence-corrected chi connectivity index (χ2v) is 24.7. The molecule has 0 radical (unpaired) electrons. The quantitative estimate of drug-likeness (QED) is 0.0146. The van der Waals surface area contributed by atoms with Gasteiger partial charge in [0.1, 0.15) is 25.4 Å². The first-order chi connectivity index (χ1) is 45.2. The van der Waals surface area contributed by atoms with Crippen molar-refractivity contribution in [2.75, 3.05) is 39.6 Å². The summed E-state index contributed by atoms with van der Waals surface area (Å²) in [6, 6.07) is 0. The predicted molar refractivity (Wildman–Crippen MR) is 380 cm³/mol. The molecule has 5 atom stereocenters. The van der Waals surface area contributed by atoms with Crippen LogP contribution in [0.1, 0.15) is 213 Å². The summed E-state index contributed by atoms with van der Waals surface area (Å²) in [7, 11) is -9.83. The molecule has 0 amide bonds. The Balaban J connectivity index is 4.82. The van der Waals surface area contributed by atoms with Crippen molar-refractivity contribution in [3.05, 3.63) is 182 Å². The van der Waals surface area contributed by atoms with Crippen molar-refractivity contribution < 1.29 is 75.8 Å². The third-order valence-electron chi connectivity index (χ3n) is 13.1. The zero-order valence-electron chi connectivity index (χ0n) is 56.6. The molecule has 0 aliphatic carbocycles. The molecule has 0 heterocycles. The highest BCUT2D eigenvalue weighted by molar-refractivity contribution is 7.47. The molecule has 524 valence electrons. The summed E-state index contributed by atoms with van der Waals surface area (Å²) < 4.78 is 60.8. The van der Waals surface area contributed by atoms with E-state index >= 15 is 0 Å². The van der Waals surface area contributed by atoms with Crippen LogP contribution in [0.2, 0.25) is 0 Å². The van der Waals surface area contributed by atoms with Gasteiger partial charge < -0.3 is 34.2 Å². The van der Waals surface area contributed by atoms with E-state index in [1.165, 1.54) is 0 Å². The third-order valence-corrected chi connectivity index (χ3v) is 15.0. The highest BCUT2D eigenvalue weighted by Gasteiger charge is 2.29. The van der Waals surface area contributed by atoms with Gasteiger partial charge in [-0.05, 0) is 148 Å². The summed E-state index contributed by atoms with van der Waals surface area (Å²) in [5, 5.41) is 20.6. The standard InChI is InChI=1S/C75H118O16P2/c1-4-7-10-13-16-19-22-25-28-31-33-34-36-39-40-43-46-49-52-55-58-61-73(78)85-64-70(76)65-87-92(81,82)88-66-71(77)67-89-93(83,84)90-69-72(91-75(80)63-60-57-54-51-48-45-42-37-30-27-24-21-18-15-12-9-6-3)68-86-74(79)62-59-56-53-50-47-44-41-38-35-32-29-26-23-20-17-14-11-8-5-2/h7-12,16-21,25-30,33-35,38-40,42,44-45,47,51,54,70-72,76-77H,4-6,13-15,22-24,31-32,36-37,41,43,46,48-50,52-53,55-69H2,1-3H3,(H,81,82)(H,83,84)/b10-7-,11-8-,12-9-,19-16-,20-17-,21-18-,28-25-,29-26-,30-27-,34-33-,38-35-,40-39-,45-42-,47-44-,54-51-. The van der Waals surface area contributed by atoms with Gasteiger partial charge in [0.2, 0.25) is 0 Å². The monoisotopic (exact) mass is 1340 g/mol. The first kappa shape index (κ1) is 87.7. The second-order valence-electron chi connectivity index (χ2n) is 21.8. The van der Waals surface area contributed by atoms with Crippen molar-refractivity contribution in [1.82, 2.24) is 0 Å². The van der Waals surface area contributed by atoms with E-state index in [-0.39, 0.29) is 19.3 Å². The number of rotatable bonds is 62. The summed E-state index contributed by atoms with van der Waals surface area (Å²) in [5.41, 5.74) is 0. The molecule has 0 spiro atoms. The number of phosphoric acid groups is 2. The van der Waals surface area contributed by atoms with Crippen LogP contribution in [0.3, 0.4) is 0 Å². The maximum Gasteiger partial charge on any atom is 0.472 e. The van der Waals surface area contributed by atoms with Gasteiger partial charge in [0, 0.05) is 19.3 Å². The molecule has 0 saturated heterocycles. The van der Waals surface area contributed by atoms with Gasteiger partial charge in [0.15, 0.2) is 6.10 Å². The minimum absolute atomic E-state index is 0.00988. The van der Waals surface area contributed by atoms with Gasteiger partial charge in [0.05, 0.1) is 26.4 Å². The lowest BCUT2D eigenvalue weighted by Crippen LogP contribution is -2.30. The van der Waals surface area contributed by atoms with Gasteiger partial charge >= 0.3 is 33.6 Å². The molecule has 0 aliphatic rings. The van der Waals surface area contributed by atoms with Crippen molar-refractivity contribution in [3.8, 4) is 0 Å². The lowest BCUT2D eigenvalue weighted by Gasteiger charge is -2.21. The Morgan fingerprint density at radius 2 is 0.548 bits per heavy atom. The molecule has 0 rings (SSSR count). The maximum atomic E-state index is 12.9. The van der Waals surface area contributed by atoms with Crippen LogP contribution >= 0.6 is 15.6 Å². The van der Waals surface area contributed by atoms with Crippen molar-refractivity contribution in [1.29, 1.82) is 0 Å². The highest BCUT2D eigenvalue weighted by Crippen LogP contribution is 2.45. The predicted octanol–water partition coefficient (Wildman–Crippen LogP) is 19.1. The minimum Gasteiger partial charge on any atom is -0.463 e. The van der Waals surface area contributed by atoms with Crippen LogP contribution in [-0.2, 0) is 55.8 Å². The van der Waals surface area contributed by atoms with E-state index in [1.807, 2.05) is 12.2 Å². The number of carbonyl (C=O) groups is 3. The van der Waals surface area contributed by atoms with Gasteiger partial charge in [-0.2, -0.15) is 0 Å². The second kappa shape index (κ2) is 66.7. The van der Waals surface area contributed by atoms with Gasteiger partial charge in [0.25, 0.3) is 0 Å². The normalized spacial score (nSPS) is 15.3. The molecule has 0 saturated carbocycles. The van der Waals surface area contributed by atoms with Gasteiger partial charge in [-0.15, -0.1) is 0 Å². The number of phosphoric ester groups is 2. The first-order valence-electron chi connectivity index (χ1n) is 34.1.